The highest BCUT2D eigenvalue weighted by molar-refractivity contribution is 7.15. The maximum atomic E-state index is 13.9. The van der Waals surface area contributed by atoms with Crippen molar-refractivity contribution in [1.82, 2.24) is 0 Å². The average Bonchev–Trinajstić information content (AvgIpc) is 3.14. The molecule has 172 valence electrons. The maximum absolute atomic E-state index is 13.9. The van der Waals surface area contributed by atoms with Crippen LogP contribution in [0.15, 0.2) is 42.5 Å². The minimum atomic E-state index is -1.13. The zero-order chi connectivity index (χ0) is 23.7. The Morgan fingerprint density at radius 3 is 2.70 bits per heavy atom. The molecule has 8 heteroatoms. The summed E-state index contributed by atoms with van der Waals surface area (Å²) in [5.41, 5.74) is 1.96. The molecule has 0 unspecified atom stereocenters. The number of carbonyl (C=O) groups is 2. The second kappa shape index (κ2) is 9.23. The second-order valence-corrected chi connectivity index (χ2v) is 9.02. The van der Waals surface area contributed by atoms with E-state index < -0.39 is 11.8 Å². The zero-order valence-corrected chi connectivity index (χ0v) is 19.3. The van der Waals surface area contributed by atoms with Crippen LogP contribution < -0.4 is 14.8 Å². The van der Waals surface area contributed by atoms with Gasteiger partial charge in [-0.15, -0.1) is 11.3 Å². The molecule has 2 N–H and O–H groups in total. The third-order valence-corrected chi connectivity index (χ3v) is 6.54. The van der Waals surface area contributed by atoms with Gasteiger partial charge in [0, 0.05) is 22.8 Å². The molecule has 3 aromatic rings. The van der Waals surface area contributed by atoms with Gasteiger partial charge in [0.1, 0.15) is 10.7 Å². The molecule has 1 atom stereocenters. The fourth-order valence-corrected chi connectivity index (χ4v) is 5.23. The molecule has 2 aromatic carbocycles. The Bertz CT molecular complexity index is 1220. The second-order valence-electron chi connectivity index (χ2n) is 7.97. The van der Waals surface area contributed by atoms with Crippen LogP contribution in [0.1, 0.15) is 53.2 Å². The van der Waals surface area contributed by atoms with Gasteiger partial charge in [-0.1, -0.05) is 18.2 Å². The Hall–Kier alpha value is -3.39. The van der Waals surface area contributed by atoms with Gasteiger partial charge in [-0.25, -0.2) is 9.18 Å². The van der Waals surface area contributed by atoms with Crippen molar-refractivity contribution in [2.24, 2.45) is 0 Å². The molecule has 1 aliphatic rings. The van der Waals surface area contributed by atoms with Crippen molar-refractivity contribution in [2.75, 3.05) is 11.9 Å². The number of hydrogen-bond acceptors (Lipinski definition) is 5. The van der Waals surface area contributed by atoms with Gasteiger partial charge in [-0.05, 0) is 56.2 Å². The van der Waals surface area contributed by atoms with E-state index in [0.29, 0.717) is 39.8 Å². The number of aromatic carboxylic acids is 1. The summed E-state index contributed by atoms with van der Waals surface area (Å²) in [6, 6.07) is 11.2. The van der Waals surface area contributed by atoms with Crippen LogP contribution in [0, 0.1) is 5.82 Å². The summed E-state index contributed by atoms with van der Waals surface area (Å²) in [6.45, 7) is 6.17. The number of carboxylic acids is 1. The van der Waals surface area contributed by atoms with Crippen LogP contribution >= 0.6 is 11.3 Å². The van der Waals surface area contributed by atoms with E-state index in [4.69, 9.17) is 9.47 Å². The number of hydrogen-bond donors (Lipinski definition) is 2. The van der Waals surface area contributed by atoms with Crippen LogP contribution in [0.5, 0.6) is 11.5 Å². The molecule has 0 fully saturated rings. The first-order valence-electron chi connectivity index (χ1n) is 10.7. The van der Waals surface area contributed by atoms with Crippen molar-refractivity contribution in [3.8, 4) is 22.6 Å². The Labute approximate surface area is 195 Å². The van der Waals surface area contributed by atoms with E-state index >= 15 is 0 Å². The van der Waals surface area contributed by atoms with E-state index in [1.807, 2.05) is 39.0 Å². The van der Waals surface area contributed by atoms with E-state index in [0.717, 1.165) is 16.9 Å². The Kier molecular flexibility index (Phi) is 6.37. The molecule has 0 spiro atoms. The van der Waals surface area contributed by atoms with E-state index in [9.17, 15) is 19.1 Å². The smallest absolute Gasteiger partial charge is 0.346 e. The number of anilines is 1. The van der Waals surface area contributed by atoms with Gasteiger partial charge in [0.2, 0.25) is 5.91 Å². The number of fused-ring (bicyclic) bond motifs is 1. The monoisotopic (exact) mass is 469 g/mol. The first kappa shape index (κ1) is 22.8. The zero-order valence-electron chi connectivity index (χ0n) is 18.5. The van der Waals surface area contributed by atoms with Gasteiger partial charge < -0.3 is 19.9 Å². The number of thiophene rings is 1. The van der Waals surface area contributed by atoms with Crippen molar-refractivity contribution < 1.29 is 28.6 Å². The molecule has 6 nitrogen and oxygen atoms in total. The highest BCUT2D eigenvalue weighted by atomic mass is 32.1. The lowest BCUT2D eigenvalue weighted by atomic mass is 9.88. The average molecular weight is 470 g/mol. The summed E-state index contributed by atoms with van der Waals surface area (Å²) >= 11 is 1.10. The summed E-state index contributed by atoms with van der Waals surface area (Å²) in [6.07, 6.45) is 0.122. The van der Waals surface area contributed by atoms with Crippen LogP contribution in [-0.4, -0.2) is 29.7 Å². The minimum absolute atomic E-state index is 0.0358. The molecule has 1 amide bonds. The topological polar surface area (TPSA) is 84.9 Å². The highest BCUT2D eigenvalue weighted by Crippen LogP contribution is 2.50. The largest absolute Gasteiger partial charge is 0.490 e. The van der Waals surface area contributed by atoms with Crippen molar-refractivity contribution in [3.05, 3.63) is 63.6 Å². The predicted molar refractivity (Wildman–Crippen MR) is 125 cm³/mol. The molecule has 0 radical (unpaired) electrons. The number of rotatable bonds is 7. The number of benzene rings is 2. The highest BCUT2D eigenvalue weighted by Gasteiger charge is 2.35. The van der Waals surface area contributed by atoms with Gasteiger partial charge in [0.25, 0.3) is 0 Å². The molecule has 33 heavy (non-hydrogen) atoms. The lowest BCUT2D eigenvalue weighted by molar-refractivity contribution is -0.116. The molecule has 0 bridgehead atoms. The standard InChI is InChI=1S/C25H24FNO5S/c1-4-31-19-11-14(8-9-18(19)32-13(2)3)17-12-20(28)27-22-21(15-6-5-7-16(26)10-15)24(25(29)30)33-23(17)22/h5-11,13,17H,4,12H2,1-3H3,(H,27,28)(H,29,30)/t17-/m0/s1. The van der Waals surface area contributed by atoms with Crippen LogP contribution in [0.3, 0.4) is 0 Å². The summed E-state index contributed by atoms with van der Waals surface area (Å²) in [7, 11) is 0. The molecule has 0 saturated heterocycles. The predicted octanol–water partition coefficient (Wildman–Crippen LogP) is 5.91. The molecule has 0 aliphatic carbocycles. The lowest BCUT2D eigenvalue weighted by Gasteiger charge is -2.25. The fraction of sp³-hybridized carbons (Fsp3) is 0.280. The van der Waals surface area contributed by atoms with Crippen LogP contribution in [0.2, 0.25) is 0 Å². The SMILES string of the molecule is CCOc1cc([C@@H]2CC(=O)Nc3c2sc(C(=O)O)c3-c2cccc(F)c2)ccc1OC(C)C. The summed E-state index contributed by atoms with van der Waals surface area (Å²) in [5.74, 6) is -1.04. The number of amides is 1. The Morgan fingerprint density at radius 2 is 2.03 bits per heavy atom. The number of carbonyl (C=O) groups excluding carboxylic acids is 1. The quantitative estimate of drug-likeness (QED) is 0.449. The minimum Gasteiger partial charge on any atom is -0.490 e. The van der Waals surface area contributed by atoms with Crippen LogP contribution in [0.4, 0.5) is 10.1 Å². The van der Waals surface area contributed by atoms with E-state index in [2.05, 4.69) is 5.32 Å². The first-order chi connectivity index (χ1) is 15.8. The van der Waals surface area contributed by atoms with Gasteiger partial charge in [-0.3, -0.25) is 4.79 Å². The summed E-state index contributed by atoms with van der Waals surface area (Å²) in [5, 5.41) is 12.7. The molecule has 2 heterocycles. The van der Waals surface area contributed by atoms with E-state index in [1.54, 1.807) is 6.07 Å². The molecule has 1 aromatic heterocycles. The molecule has 4 rings (SSSR count). The maximum Gasteiger partial charge on any atom is 0.346 e. The molecular formula is C25H24FNO5S. The van der Waals surface area contributed by atoms with Crippen LogP contribution in [0.25, 0.3) is 11.1 Å². The molecule has 1 aliphatic heterocycles. The van der Waals surface area contributed by atoms with Gasteiger partial charge in [-0.2, -0.15) is 0 Å². The van der Waals surface area contributed by atoms with Gasteiger partial charge in [0.05, 0.1) is 18.4 Å². The fourth-order valence-electron chi connectivity index (χ4n) is 3.99. The lowest BCUT2D eigenvalue weighted by Crippen LogP contribution is -2.22. The van der Waals surface area contributed by atoms with E-state index in [-0.39, 0.29) is 29.2 Å². The third kappa shape index (κ3) is 4.57. The van der Waals surface area contributed by atoms with Gasteiger partial charge in [0.15, 0.2) is 11.5 Å². The number of carboxylic acid groups (broad SMARTS) is 1. The van der Waals surface area contributed by atoms with E-state index in [1.165, 1.54) is 18.2 Å². The molecule has 0 saturated carbocycles. The van der Waals surface area contributed by atoms with Crippen molar-refractivity contribution in [2.45, 2.75) is 39.2 Å². The van der Waals surface area contributed by atoms with Gasteiger partial charge >= 0.3 is 5.97 Å². The third-order valence-electron chi connectivity index (χ3n) is 5.25. The first-order valence-corrected chi connectivity index (χ1v) is 11.5. The Balaban J connectivity index is 1.86. The normalized spacial score (nSPS) is 15.2. The Morgan fingerprint density at radius 1 is 1.24 bits per heavy atom. The van der Waals surface area contributed by atoms with Crippen LogP contribution in [-0.2, 0) is 4.79 Å². The number of ether oxygens (including phenoxy) is 2. The number of halogens is 1. The summed E-state index contributed by atoms with van der Waals surface area (Å²) in [4.78, 5) is 25.5. The van der Waals surface area contributed by atoms with Crippen molar-refractivity contribution in [1.29, 1.82) is 0 Å². The van der Waals surface area contributed by atoms with Crippen molar-refractivity contribution >= 4 is 28.9 Å². The summed E-state index contributed by atoms with van der Waals surface area (Å²) < 4.78 is 25.5. The number of nitrogens with one attached hydrogen (secondary N) is 1. The van der Waals surface area contributed by atoms with Crippen molar-refractivity contribution in [3.63, 3.8) is 0 Å². The molecular weight excluding hydrogens is 445 g/mol.